The minimum absolute atomic E-state index is 0.261. The van der Waals surface area contributed by atoms with Crippen molar-refractivity contribution in [3.8, 4) is 0 Å². The van der Waals surface area contributed by atoms with E-state index in [0.29, 0.717) is 12.1 Å². The van der Waals surface area contributed by atoms with Crippen molar-refractivity contribution in [2.45, 2.75) is 58.5 Å². The van der Waals surface area contributed by atoms with Gasteiger partial charge in [-0.1, -0.05) is 27.2 Å². The van der Waals surface area contributed by atoms with E-state index >= 15 is 0 Å². The highest BCUT2D eigenvalue weighted by molar-refractivity contribution is 4.71. The van der Waals surface area contributed by atoms with Crippen molar-refractivity contribution in [3.63, 3.8) is 0 Å². The summed E-state index contributed by atoms with van der Waals surface area (Å²) in [6.45, 7) is 6.75. The van der Waals surface area contributed by atoms with E-state index in [-0.39, 0.29) is 6.61 Å². The average Bonchev–Trinajstić information content (AvgIpc) is 2.12. The zero-order chi connectivity index (χ0) is 9.40. The molecule has 0 aliphatic rings. The Morgan fingerprint density at radius 1 is 1.08 bits per heavy atom. The molecule has 0 saturated heterocycles. The van der Waals surface area contributed by atoms with Gasteiger partial charge in [-0.2, -0.15) is 0 Å². The van der Waals surface area contributed by atoms with Crippen LogP contribution in [0.5, 0.6) is 0 Å². The van der Waals surface area contributed by atoms with Crippen LogP contribution < -0.4 is 5.32 Å². The lowest BCUT2D eigenvalue weighted by molar-refractivity contribution is 0.223. The van der Waals surface area contributed by atoms with E-state index in [4.69, 9.17) is 5.11 Å². The Hall–Kier alpha value is -0.0800. The van der Waals surface area contributed by atoms with Crippen LogP contribution in [-0.2, 0) is 0 Å². The molecule has 2 atom stereocenters. The van der Waals surface area contributed by atoms with Gasteiger partial charge in [-0.3, -0.25) is 0 Å². The first-order valence-corrected chi connectivity index (χ1v) is 5.15. The van der Waals surface area contributed by atoms with Crippen LogP contribution in [-0.4, -0.2) is 23.8 Å². The molecule has 0 aromatic carbocycles. The molecule has 0 amide bonds. The first-order chi connectivity index (χ1) is 5.78. The number of hydrogen-bond donors (Lipinski definition) is 2. The number of aliphatic hydroxyl groups is 1. The smallest absolute Gasteiger partial charge is 0.0584 e. The molecule has 0 bridgehead atoms. The van der Waals surface area contributed by atoms with E-state index in [1.807, 2.05) is 0 Å². The molecule has 0 spiro atoms. The Bertz CT molecular complexity index is 91.8. The minimum atomic E-state index is 0.261. The van der Waals surface area contributed by atoms with Crippen molar-refractivity contribution in [2.24, 2.45) is 0 Å². The van der Waals surface area contributed by atoms with Crippen LogP contribution in [0.4, 0.5) is 0 Å². The fraction of sp³-hybridized carbons (Fsp3) is 1.00. The van der Waals surface area contributed by atoms with Gasteiger partial charge in [0.2, 0.25) is 0 Å². The highest BCUT2D eigenvalue weighted by atomic mass is 16.3. The molecule has 0 aliphatic heterocycles. The van der Waals surface area contributed by atoms with Gasteiger partial charge in [0.15, 0.2) is 0 Å². The van der Waals surface area contributed by atoms with Crippen LogP contribution in [0, 0.1) is 0 Å². The molecule has 74 valence electrons. The third kappa shape index (κ3) is 4.73. The van der Waals surface area contributed by atoms with E-state index in [2.05, 4.69) is 26.1 Å². The lowest BCUT2D eigenvalue weighted by atomic mass is 10.1. The highest BCUT2D eigenvalue weighted by Crippen LogP contribution is 2.03. The van der Waals surface area contributed by atoms with Gasteiger partial charge >= 0.3 is 0 Å². The Kier molecular flexibility index (Phi) is 7.51. The van der Waals surface area contributed by atoms with Gasteiger partial charge in [0.1, 0.15) is 0 Å². The second kappa shape index (κ2) is 7.56. The van der Waals surface area contributed by atoms with Gasteiger partial charge in [-0.15, -0.1) is 0 Å². The van der Waals surface area contributed by atoms with Gasteiger partial charge < -0.3 is 10.4 Å². The molecule has 0 radical (unpaired) electrons. The van der Waals surface area contributed by atoms with Crippen molar-refractivity contribution < 1.29 is 5.11 Å². The van der Waals surface area contributed by atoms with E-state index in [0.717, 1.165) is 12.8 Å². The SMILES string of the molecule is CCCC(CC)N[C@H](CC)CO. The van der Waals surface area contributed by atoms with Crippen LogP contribution in [0.1, 0.15) is 46.5 Å². The molecule has 0 heterocycles. The lowest BCUT2D eigenvalue weighted by Gasteiger charge is -2.22. The zero-order valence-electron chi connectivity index (χ0n) is 8.64. The third-order valence-corrected chi connectivity index (χ3v) is 2.31. The van der Waals surface area contributed by atoms with Crippen LogP contribution in [0.2, 0.25) is 0 Å². The lowest BCUT2D eigenvalue weighted by Crippen LogP contribution is -2.39. The minimum Gasteiger partial charge on any atom is -0.395 e. The Labute approximate surface area is 76.4 Å². The fourth-order valence-electron chi connectivity index (χ4n) is 1.39. The number of rotatable bonds is 7. The maximum absolute atomic E-state index is 8.98. The fourth-order valence-corrected chi connectivity index (χ4v) is 1.39. The van der Waals surface area contributed by atoms with Crippen LogP contribution in [0.25, 0.3) is 0 Å². The number of aliphatic hydroxyl groups excluding tert-OH is 1. The first-order valence-electron chi connectivity index (χ1n) is 5.15. The van der Waals surface area contributed by atoms with E-state index in [1.54, 1.807) is 0 Å². The van der Waals surface area contributed by atoms with Crippen molar-refractivity contribution in [1.82, 2.24) is 5.32 Å². The summed E-state index contributed by atoms with van der Waals surface area (Å²) in [7, 11) is 0. The number of nitrogens with one attached hydrogen (secondary N) is 1. The van der Waals surface area contributed by atoms with Gasteiger partial charge in [0, 0.05) is 12.1 Å². The molecule has 2 heteroatoms. The van der Waals surface area contributed by atoms with E-state index in [1.165, 1.54) is 12.8 Å². The molecule has 12 heavy (non-hydrogen) atoms. The summed E-state index contributed by atoms with van der Waals surface area (Å²) in [5, 5.41) is 12.4. The van der Waals surface area contributed by atoms with E-state index in [9.17, 15) is 0 Å². The first kappa shape index (κ1) is 11.9. The maximum atomic E-state index is 8.98. The Morgan fingerprint density at radius 2 is 1.67 bits per heavy atom. The summed E-state index contributed by atoms with van der Waals surface area (Å²) in [5.74, 6) is 0. The average molecular weight is 173 g/mol. The van der Waals surface area contributed by atoms with Crippen molar-refractivity contribution >= 4 is 0 Å². The summed E-state index contributed by atoms with van der Waals surface area (Å²) in [6.07, 6.45) is 4.60. The third-order valence-electron chi connectivity index (χ3n) is 2.31. The van der Waals surface area contributed by atoms with Crippen LogP contribution in [0.15, 0.2) is 0 Å². The largest absolute Gasteiger partial charge is 0.395 e. The van der Waals surface area contributed by atoms with Crippen molar-refractivity contribution in [2.75, 3.05) is 6.61 Å². The predicted molar refractivity (Wildman–Crippen MR) is 53.3 cm³/mol. The van der Waals surface area contributed by atoms with Crippen LogP contribution in [0.3, 0.4) is 0 Å². The van der Waals surface area contributed by atoms with E-state index < -0.39 is 0 Å². The molecule has 1 unspecified atom stereocenters. The number of hydrogen-bond acceptors (Lipinski definition) is 2. The van der Waals surface area contributed by atoms with Crippen LogP contribution >= 0.6 is 0 Å². The van der Waals surface area contributed by atoms with Crippen molar-refractivity contribution in [3.05, 3.63) is 0 Å². The summed E-state index contributed by atoms with van der Waals surface area (Å²) in [6, 6.07) is 0.883. The molecule has 0 aromatic heterocycles. The topological polar surface area (TPSA) is 32.3 Å². The molecular formula is C10H23NO. The summed E-state index contributed by atoms with van der Waals surface area (Å²) in [4.78, 5) is 0. The summed E-state index contributed by atoms with van der Waals surface area (Å²) >= 11 is 0. The Balaban J connectivity index is 3.65. The van der Waals surface area contributed by atoms with Gasteiger partial charge in [0.05, 0.1) is 6.61 Å². The normalized spacial score (nSPS) is 16.0. The molecule has 0 saturated carbocycles. The quantitative estimate of drug-likeness (QED) is 0.616. The molecular weight excluding hydrogens is 150 g/mol. The second-order valence-corrected chi connectivity index (χ2v) is 3.35. The second-order valence-electron chi connectivity index (χ2n) is 3.35. The van der Waals surface area contributed by atoms with Crippen molar-refractivity contribution in [1.29, 1.82) is 0 Å². The molecule has 0 rings (SSSR count). The molecule has 2 N–H and O–H groups in total. The molecule has 0 aliphatic carbocycles. The molecule has 0 fully saturated rings. The summed E-state index contributed by atoms with van der Waals surface area (Å²) < 4.78 is 0. The molecule has 0 aromatic rings. The maximum Gasteiger partial charge on any atom is 0.0584 e. The standard InChI is InChI=1S/C10H23NO/c1-4-7-9(5-2)11-10(6-3)8-12/h9-12H,4-8H2,1-3H3/t9?,10-/m1/s1. The van der Waals surface area contributed by atoms with Gasteiger partial charge in [-0.25, -0.2) is 0 Å². The summed E-state index contributed by atoms with van der Waals surface area (Å²) in [5.41, 5.74) is 0. The van der Waals surface area contributed by atoms with Gasteiger partial charge in [0.25, 0.3) is 0 Å². The zero-order valence-corrected chi connectivity index (χ0v) is 8.64. The predicted octanol–water partition coefficient (Wildman–Crippen LogP) is 1.93. The highest BCUT2D eigenvalue weighted by Gasteiger charge is 2.09. The Morgan fingerprint density at radius 3 is 2.00 bits per heavy atom. The van der Waals surface area contributed by atoms with Gasteiger partial charge in [-0.05, 0) is 19.3 Å². The monoisotopic (exact) mass is 173 g/mol. The molecule has 2 nitrogen and oxygen atoms in total.